The molecule has 19 heavy (non-hydrogen) atoms. The Morgan fingerprint density at radius 3 is 3.21 bits per heavy atom. The van der Waals surface area contributed by atoms with Gasteiger partial charge in [-0.05, 0) is 37.4 Å². The predicted octanol–water partition coefficient (Wildman–Crippen LogP) is 1.93. The van der Waals surface area contributed by atoms with Gasteiger partial charge in [-0.25, -0.2) is 0 Å². The minimum Gasteiger partial charge on any atom is -0.377 e. The molecule has 1 aliphatic heterocycles. The first-order valence-corrected chi connectivity index (χ1v) is 7.30. The summed E-state index contributed by atoms with van der Waals surface area (Å²) in [6.45, 7) is 6.65. The lowest BCUT2D eigenvalue weighted by atomic mass is 10.1. The van der Waals surface area contributed by atoms with Crippen molar-refractivity contribution in [1.82, 2.24) is 9.88 Å². The number of likely N-dealkylation sites (tertiary alicyclic amines) is 1. The lowest BCUT2D eigenvalue weighted by molar-refractivity contribution is -0.00231. The lowest BCUT2D eigenvalue weighted by Gasteiger charge is -2.32. The van der Waals surface area contributed by atoms with Gasteiger partial charge in [0.2, 0.25) is 0 Å². The third-order valence-corrected chi connectivity index (χ3v) is 3.59. The number of nitrogens with two attached hydrogens (primary N) is 1. The Kier molecular flexibility index (Phi) is 5.76. The quantitative estimate of drug-likeness (QED) is 0.852. The van der Waals surface area contributed by atoms with Crippen LogP contribution in [0, 0.1) is 0 Å². The summed E-state index contributed by atoms with van der Waals surface area (Å²) >= 11 is 0. The maximum absolute atomic E-state index is 5.87. The molecule has 106 valence electrons. The van der Waals surface area contributed by atoms with E-state index in [1.54, 1.807) is 0 Å². The highest BCUT2D eigenvalue weighted by Crippen LogP contribution is 2.17. The smallest absolute Gasteiger partial charge is 0.0702 e. The third kappa shape index (κ3) is 4.27. The molecule has 1 saturated heterocycles. The molecule has 1 aromatic rings. The Morgan fingerprint density at radius 2 is 2.42 bits per heavy atom. The van der Waals surface area contributed by atoms with Gasteiger partial charge in [-0.15, -0.1) is 0 Å². The highest BCUT2D eigenvalue weighted by atomic mass is 16.5. The van der Waals surface area contributed by atoms with Crippen molar-refractivity contribution in [2.45, 2.75) is 45.4 Å². The molecule has 1 fully saturated rings. The molecule has 4 heteroatoms. The first-order chi connectivity index (χ1) is 9.33. The fraction of sp³-hybridized carbons (Fsp3) is 0.667. The van der Waals surface area contributed by atoms with E-state index in [2.05, 4.69) is 22.9 Å². The summed E-state index contributed by atoms with van der Waals surface area (Å²) in [5.74, 6) is 0. The number of ether oxygens (including phenoxy) is 1. The van der Waals surface area contributed by atoms with Crippen LogP contribution in [0.4, 0.5) is 0 Å². The van der Waals surface area contributed by atoms with Gasteiger partial charge in [0.25, 0.3) is 0 Å². The van der Waals surface area contributed by atoms with Gasteiger partial charge in [0.15, 0.2) is 0 Å². The standard InChI is InChI=1S/C15H25N3O/c1-2-9-19-14-6-4-8-18(12-14)11-13-5-3-7-17-15(13)10-16/h3,5,7,14H,2,4,6,8-12,16H2,1H3. The van der Waals surface area contributed by atoms with Crippen molar-refractivity contribution < 1.29 is 4.74 Å². The second-order valence-corrected chi connectivity index (χ2v) is 5.18. The van der Waals surface area contributed by atoms with Crippen LogP contribution in [0.25, 0.3) is 0 Å². The van der Waals surface area contributed by atoms with E-state index >= 15 is 0 Å². The van der Waals surface area contributed by atoms with Gasteiger partial charge >= 0.3 is 0 Å². The number of rotatable bonds is 6. The fourth-order valence-electron chi connectivity index (χ4n) is 2.62. The molecule has 0 radical (unpaired) electrons. The molecule has 1 atom stereocenters. The topological polar surface area (TPSA) is 51.4 Å². The molecule has 2 rings (SSSR count). The van der Waals surface area contributed by atoms with E-state index in [-0.39, 0.29) is 0 Å². The van der Waals surface area contributed by atoms with Gasteiger partial charge in [0, 0.05) is 32.4 Å². The van der Waals surface area contributed by atoms with Crippen molar-refractivity contribution >= 4 is 0 Å². The van der Waals surface area contributed by atoms with Crippen LogP contribution >= 0.6 is 0 Å². The number of hydrogen-bond donors (Lipinski definition) is 1. The van der Waals surface area contributed by atoms with Crippen LogP contribution < -0.4 is 5.73 Å². The summed E-state index contributed by atoms with van der Waals surface area (Å²) < 4.78 is 5.87. The molecule has 4 nitrogen and oxygen atoms in total. The normalized spacial score (nSPS) is 20.6. The van der Waals surface area contributed by atoms with Crippen LogP contribution in [0.5, 0.6) is 0 Å². The van der Waals surface area contributed by atoms with Crippen molar-refractivity contribution in [2.24, 2.45) is 5.73 Å². The first kappa shape index (κ1) is 14.4. The molecule has 0 aromatic carbocycles. The minimum absolute atomic E-state index is 0.395. The van der Waals surface area contributed by atoms with E-state index in [4.69, 9.17) is 10.5 Å². The van der Waals surface area contributed by atoms with E-state index < -0.39 is 0 Å². The highest BCUT2D eigenvalue weighted by molar-refractivity contribution is 5.19. The van der Waals surface area contributed by atoms with Gasteiger partial charge in [0.05, 0.1) is 11.8 Å². The summed E-state index contributed by atoms with van der Waals surface area (Å²) in [5, 5.41) is 0. The Hall–Kier alpha value is -0.970. The zero-order valence-electron chi connectivity index (χ0n) is 11.8. The molecule has 0 spiro atoms. The van der Waals surface area contributed by atoms with Crippen LogP contribution in [0.2, 0.25) is 0 Å². The van der Waals surface area contributed by atoms with Crippen molar-refractivity contribution in [1.29, 1.82) is 0 Å². The molecule has 0 bridgehead atoms. The molecule has 0 amide bonds. The Bertz CT molecular complexity index is 383. The van der Waals surface area contributed by atoms with Crippen LogP contribution in [0.15, 0.2) is 18.3 Å². The highest BCUT2D eigenvalue weighted by Gasteiger charge is 2.20. The lowest BCUT2D eigenvalue weighted by Crippen LogP contribution is -2.39. The van der Waals surface area contributed by atoms with Crippen LogP contribution in [0.1, 0.15) is 37.4 Å². The summed E-state index contributed by atoms with van der Waals surface area (Å²) in [6, 6.07) is 4.12. The van der Waals surface area contributed by atoms with Crippen molar-refractivity contribution in [3.8, 4) is 0 Å². The zero-order valence-corrected chi connectivity index (χ0v) is 11.8. The van der Waals surface area contributed by atoms with E-state index in [1.165, 1.54) is 18.4 Å². The second kappa shape index (κ2) is 7.58. The number of nitrogens with zero attached hydrogens (tertiary/aromatic N) is 2. The fourth-order valence-corrected chi connectivity index (χ4v) is 2.62. The molecule has 2 N–H and O–H groups in total. The van der Waals surface area contributed by atoms with E-state index in [0.717, 1.165) is 38.4 Å². The third-order valence-electron chi connectivity index (χ3n) is 3.59. The Morgan fingerprint density at radius 1 is 1.53 bits per heavy atom. The van der Waals surface area contributed by atoms with E-state index in [9.17, 15) is 0 Å². The van der Waals surface area contributed by atoms with Crippen LogP contribution in [0.3, 0.4) is 0 Å². The zero-order chi connectivity index (χ0) is 13.5. The number of piperidine rings is 1. The van der Waals surface area contributed by atoms with Gasteiger partial charge in [0.1, 0.15) is 0 Å². The number of aromatic nitrogens is 1. The molecule has 1 unspecified atom stereocenters. The van der Waals surface area contributed by atoms with Crippen LogP contribution in [-0.2, 0) is 17.8 Å². The Balaban J connectivity index is 1.91. The minimum atomic E-state index is 0.395. The van der Waals surface area contributed by atoms with E-state index in [1.807, 2.05) is 12.3 Å². The molecular formula is C15H25N3O. The number of pyridine rings is 1. The predicted molar refractivity (Wildman–Crippen MR) is 76.7 cm³/mol. The summed E-state index contributed by atoms with van der Waals surface area (Å²) in [4.78, 5) is 6.81. The molecule has 0 saturated carbocycles. The van der Waals surface area contributed by atoms with Gasteiger partial charge in [-0.2, -0.15) is 0 Å². The maximum atomic E-state index is 5.87. The van der Waals surface area contributed by atoms with Crippen LogP contribution in [-0.4, -0.2) is 35.7 Å². The molecule has 0 aliphatic carbocycles. The van der Waals surface area contributed by atoms with Crippen molar-refractivity contribution in [2.75, 3.05) is 19.7 Å². The molecule has 2 heterocycles. The average molecular weight is 263 g/mol. The van der Waals surface area contributed by atoms with E-state index in [0.29, 0.717) is 12.6 Å². The number of hydrogen-bond acceptors (Lipinski definition) is 4. The maximum Gasteiger partial charge on any atom is 0.0702 e. The summed E-state index contributed by atoms with van der Waals surface area (Å²) in [7, 11) is 0. The monoisotopic (exact) mass is 263 g/mol. The molecular weight excluding hydrogens is 238 g/mol. The van der Waals surface area contributed by atoms with Gasteiger partial charge in [-0.3, -0.25) is 9.88 Å². The van der Waals surface area contributed by atoms with Gasteiger partial charge in [-0.1, -0.05) is 13.0 Å². The second-order valence-electron chi connectivity index (χ2n) is 5.18. The van der Waals surface area contributed by atoms with Crippen molar-refractivity contribution in [3.05, 3.63) is 29.6 Å². The average Bonchev–Trinajstić information content (AvgIpc) is 2.46. The first-order valence-electron chi connectivity index (χ1n) is 7.30. The van der Waals surface area contributed by atoms with Crippen molar-refractivity contribution in [3.63, 3.8) is 0 Å². The summed E-state index contributed by atoms with van der Waals surface area (Å²) in [6.07, 6.45) is 5.71. The molecule has 1 aliphatic rings. The van der Waals surface area contributed by atoms with Gasteiger partial charge < -0.3 is 10.5 Å². The largest absolute Gasteiger partial charge is 0.377 e. The molecule has 1 aromatic heterocycles. The Labute approximate surface area is 116 Å². The summed E-state index contributed by atoms with van der Waals surface area (Å²) in [5.41, 5.74) is 8.01. The SMILES string of the molecule is CCCOC1CCCN(Cc2cccnc2CN)C1.